The Balaban J connectivity index is 1.53. The van der Waals surface area contributed by atoms with Crippen molar-refractivity contribution in [3.05, 3.63) is 59.9 Å². The van der Waals surface area contributed by atoms with Crippen LogP contribution in [0.3, 0.4) is 0 Å². The molecule has 0 atom stereocenters. The van der Waals surface area contributed by atoms with Crippen LogP contribution in [0.1, 0.15) is 5.56 Å². The van der Waals surface area contributed by atoms with Crippen molar-refractivity contribution in [1.82, 2.24) is 14.9 Å². The molecule has 0 bridgehead atoms. The number of ether oxygens (including phenoxy) is 1. The van der Waals surface area contributed by atoms with Crippen LogP contribution in [0.25, 0.3) is 0 Å². The third-order valence-corrected chi connectivity index (χ3v) is 4.52. The third-order valence-electron chi connectivity index (χ3n) is 3.58. The Bertz CT molecular complexity index is 1020. The molecular formula is C18H18FN7O2S. The molecule has 0 saturated carbocycles. The summed E-state index contributed by atoms with van der Waals surface area (Å²) in [6.45, 7) is 0. The number of nitrogens with two attached hydrogens (primary N) is 1. The Morgan fingerprint density at radius 2 is 2.14 bits per heavy atom. The molecule has 0 spiro atoms. The summed E-state index contributed by atoms with van der Waals surface area (Å²) in [4.78, 5) is 12.0. The number of carbonyl (C=O) groups is 1. The first-order valence-electron chi connectivity index (χ1n) is 8.37. The molecular weight excluding hydrogens is 397 g/mol. The maximum atomic E-state index is 13.2. The van der Waals surface area contributed by atoms with E-state index in [9.17, 15) is 9.18 Å². The zero-order valence-corrected chi connectivity index (χ0v) is 16.2. The van der Waals surface area contributed by atoms with E-state index >= 15 is 0 Å². The SMILES string of the molecule is COc1cccc(/C=N/Nc2nnc(SCC(=O)Nc3cccc(F)c3)n2N)c1. The largest absolute Gasteiger partial charge is 0.497 e. The zero-order chi connectivity index (χ0) is 20.6. The van der Waals surface area contributed by atoms with Crippen molar-refractivity contribution in [1.29, 1.82) is 0 Å². The second-order valence-electron chi connectivity index (χ2n) is 5.67. The number of carbonyl (C=O) groups excluding carboxylic acids is 1. The van der Waals surface area contributed by atoms with Crippen molar-refractivity contribution < 1.29 is 13.9 Å². The van der Waals surface area contributed by atoms with Crippen LogP contribution >= 0.6 is 11.8 Å². The second-order valence-corrected chi connectivity index (χ2v) is 6.61. The molecule has 1 aromatic heterocycles. The lowest BCUT2D eigenvalue weighted by Gasteiger charge is -2.05. The van der Waals surface area contributed by atoms with Crippen LogP contribution in [0.2, 0.25) is 0 Å². The first-order valence-corrected chi connectivity index (χ1v) is 9.35. The molecule has 0 aliphatic rings. The minimum absolute atomic E-state index is 0.0267. The quantitative estimate of drug-likeness (QED) is 0.223. The molecule has 4 N–H and O–H groups in total. The Morgan fingerprint density at radius 3 is 2.93 bits per heavy atom. The molecule has 0 radical (unpaired) electrons. The fraction of sp³-hybridized carbons (Fsp3) is 0.111. The standard InChI is InChI=1S/C18H18FN7O2S/c1-28-15-7-2-4-12(8-15)10-21-23-17-24-25-18(26(17)20)29-11-16(27)22-14-6-3-5-13(19)9-14/h2-10H,11,20H2,1H3,(H,22,27)(H,23,24)/b21-10+. The molecule has 0 fully saturated rings. The Kier molecular flexibility index (Phi) is 6.63. The van der Waals surface area contributed by atoms with Gasteiger partial charge in [-0.25, -0.2) is 14.5 Å². The van der Waals surface area contributed by atoms with Crippen molar-refractivity contribution in [2.24, 2.45) is 5.10 Å². The highest BCUT2D eigenvalue weighted by Gasteiger charge is 2.12. The molecule has 1 amide bonds. The van der Waals surface area contributed by atoms with Crippen molar-refractivity contribution in [2.45, 2.75) is 5.16 Å². The summed E-state index contributed by atoms with van der Waals surface area (Å²) in [7, 11) is 1.59. The second kappa shape index (κ2) is 9.55. The van der Waals surface area contributed by atoms with Crippen LogP contribution in [0.4, 0.5) is 16.0 Å². The fourth-order valence-electron chi connectivity index (χ4n) is 2.23. The number of rotatable bonds is 8. The number of aromatic nitrogens is 3. The summed E-state index contributed by atoms with van der Waals surface area (Å²) in [6, 6.07) is 13.0. The van der Waals surface area contributed by atoms with Crippen molar-refractivity contribution >= 4 is 35.5 Å². The lowest BCUT2D eigenvalue weighted by atomic mass is 10.2. The molecule has 150 valence electrons. The first kappa shape index (κ1) is 20.1. The van der Waals surface area contributed by atoms with Gasteiger partial charge in [-0.1, -0.05) is 30.0 Å². The molecule has 0 aliphatic heterocycles. The maximum absolute atomic E-state index is 13.2. The van der Waals surface area contributed by atoms with E-state index in [1.165, 1.54) is 22.9 Å². The van der Waals surface area contributed by atoms with Crippen LogP contribution < -0.4 is 21.3 Å². The van der Waals surface area contributed by atoms with Gasteiger partial charge in [-0.15, -0.1) is 10.2 Å². The van der Waals surface area contributed by atoms with Crippen LogP contribution in [-0.2, 0) is 4.79 Å². The smallest absolute Gasteiger partial charge is 0.264 e. The summed E-state index contributed by atoms with van der Waals surface area (Å²) >= 11 is 1.08. The number of methoxy groups -OCH3 is 1. The molecule has 1 heterocycles. The van der Waals surface area contributed by atoms with Crippen molar-refractivity contribution in [2.75, 3.05) is 29.4 Å². The van der Waals surface area contributed by atoms with E-state index in [1.807, 2.05) is 24.3 Å². The van der Waals surface area contributed by atoms with Gasteiger partial charge < -0.3 is 15.9 Å². The number of halogens is 1. The number of nitrogens with one attached hydrogen (secondary N) is 2. The van der Waals surface area contributed by atoms with E-state index in [1.54, 1.807) is 19.4 Å². The Morgan fingerprint density at radius 1 is 1.31 bits per heavy atom. The van der Waals surface area contributed by atoms with Crippen LogP contribution in [0.5, 0.6) is 5.75 Å². The average Bonchev–Trinajstić information content (AvgIpc) is 3.06. The lowest BCUT2D eigenvalue weighted by molar-refractivity contribution is -0.113. The number of hydrogen-bond donors (Lipinski definition) is 3. The predicted octanol–water partition coefficient (Wildman–Crippen LogP) is 2.32. The number of benzene rings is 2. The van der Waals surface area contributed by atoms with Gasteiger partial charge in [-0.3, -0.25) is 4.79 Å². The first-order chi connectivity index (χ1) is 14.0. The van der Waals surface area contributed by atoms with Gasteiger partial charge in [-0.2, -0.15) is 5.10 Å². The summed E-state index contributed by atoms with van der Waals surface area (Å²) < 4.78 is 19.5. The van der Waals surface area contributed by atoms with Crippen molar-refractivity contribution in [3.63, 3.8) is 0 Å². The number of amides is 1. The molecule has 29 heavy (non-hydrogen) atoms. The number of thioether (sulfide) groups is 1. The van der Waals surface area contributed by atoms with E-state index in [2.05, 4.69) is 26.0 Å². The van der Waals surface area contributed by atoms with E-state index in [-0.39, 0.29) is 17.6 Å². The number of anilines is 2. The third kappa shape index (κ3) is 5.69. The molecule has 0 aliphatic carbocycles. The maximum Gasteiger partial charge on any atom is 0.264 e. The zero-order valence-electron chi connectivity index (χ0n) is 15.4. The van der Waals surface area contributed by atoms with E-state index in [4.69, 9.17) is 10.6 Å². The monoisotopic (exact) mass is 415 g/mol. The number of hydrazone groups is 1. The summed E-state index contributed by atoms with van der Waals surface area (Å²) in [5, 5.41) is 14.8. The molecule has 2 aromatic carbocycles. The van der Waals surface area contributed by atoms with Gasteiger partial charge in [0.15, 0.2) is 0 Å². The highest BCUT2D eigenvalue weighted by molar-refractivity contribution is 7.99. The topological polar surface area (TPSA) is 119 Å². The Hall–Kier alpha value is -3.60. The lowest BCUT2D eigenvalue weighted by Crippen LogP contribution is -2.17. The van der Waals surface area contributed by atoms with Gasteiger partial charge in [0.1, 0.15) is 11.6 Å². The highest BCUT2D eigenvalue weighted by Crippen LogP contribution is 2.18. The van der Waals surface area contributed by atoms with Gasteiger partial charge in [-0.05, 0) is 35.9 Å². The molecule has 11 heteroatoms. The average molecular weight is 415 g/mol. The normalized spacial score (nSPS) is 10.8. The Labute approximate surface area is 170 Å². The van der Waals surface area contributed by atoms with Gasteiger partial charge in [0, 0.05) is 5.69 Å². The van der Waals surface area contributed by atoms with Gasteiger partial charge in [0.05, 0.1) is 19.1 Å². The molecule has 9 nitrogen and oxygen atoms in total. The van der Waals surface area contributed by atoms with Crippen molar-refractivity contribution in [3.8, 4) is 5.75 Å². The predicted molar refractivity (Wildman–Crippen MR) is 110 cm³/mol. The highest BCUT2D eigenvalue weighted by atomic mass is 32.2. The van der Waals surface area contributed by atoms with Gasteiger partial charge >= 0.3 is 0 Å². The minimum atomic E-state index is -0.428. The number of nitrogen functional groups attached to an aromatic ring is 1. The summed E-state index contributed by atoms with van der Waals surface area (Å²) in [6.07, 6.45) is 1.58. The summed E-state index contributed by atoms with van der Waals surface area (Å²) in [5.74, 6) is 6.11. The summed E-state index contributed by atoms with van der Waals surface area (Å²) in [5.41, 5.74) is 3.89. The molecule has 0 saturated heterocycles. The van der Waals surface area contributed by atoms with Gasteiger partial charge in [0.2, 0.25) is 11.1 Å². The molecule has 3 aromatic rings. The molecule has 0 unspecified atom stereocenters. The van der Waals surface area contributed by atoms with E-state index in [0.29, 0.717) is 16.6 Å². The van der Waals surface area contributed by atoms with Crippen LogP contribution in [-0.4, -0.2) is 39.9 Å². The van der Waals surface area contributed by atoms with E-state index in [0.717, 1.165) is 17.3 Å². The number of hydrogen-bond acceptors (Lipinski definition) is 8. The van der Waals surface area contributed by atoms with Crippen LogP contribution in [0, 0.1) is 5.82 Å². The number of nitrogens with zero attached hydrogens (tertiary/aromatic N) is 4. The van der Waals surface area contributed by atoms with Crippen LogP contribution in [0.15, 0.2) is 58.8 Å². The van der Waals surface area contributed by atoms with E-state index < -0.39 is 5.82 Å². The molecule has 3 rings (SSSR count). The fourth-order valence-corrected chi connectivity index (χ4v) is 2.89. The van der Waals surface area contributed by atoms with Gasteiger partial charge in [0.25, 0.3) is 5.95 Å². The minimum Gasteiger partial charge on any atom is -0.497 e.